The number of para-hydroxylation sites is 3. The average Bonchev–Trinajstić information content (AvgIpc) is 3.01. The lowest BCUT2D eigenvalue weighted by molar-refractivity contribution is -0.116. The van der Waals surface area contributed by atoms with E-state index in [0.717, 1.165) is 51.7 Å². The molecule has 5 heteroatoms. The summed E-state index contributed by atoms with van der Waals surface area (Å²) >= 11 is 0. The number of carbonyl (C=O) groups excluding carboxylic acids is 1. The van der Waals surface area contributed by atoms with Gasteiger partial charge in [-0.15, -0.1) is 0 Å². The Hall–Kier alpha value is -3.73. The molecule has 2 aliphatic rings. The molecule has 168 valence electrons. The van der Waals surface area contributed by atoms with Gasteiger partial charge in [0.05, 0.1) is 31.1 Å². The number of carbonyl (C=O) groups is 1. The molecule has 1 aliphatic heterocycles. The molecule has 33 heavy (non-hydrogen) atoms. The van der Waals surface area contributed by atoms with Gasteiger partial charge in [0.1, 0.15) is 11.5 Å². The minimum atomic E-state index is -0.238. The molecule has 0 bridgehead atoms. The van der Waals surface area contributed by atoms with E-state index in [9.17, 15) is 4.79 Å². The van der Waals surface area contributed by atoms with E-state index in [4.69, 9.17) is 9.47 Å². The van der Waals surface area contributed by atoms with Gasteiger partial charge < -0.3 is 20.1 Å². The SMILES string of the molecule is CCOc1ccc(C2Nc3ccccc3NC3=C2C(=O)CC(c2ccccc2OC)C3)cc1. The summed E-state index contributed by atoms with van der Waals surface area (Å²) in [4.78, 5) is 13.7. The number of benzene rings is 3. The summed E-state index contributed by atoms with van der Waals surface area (Å²) in [7, 11) is 1.68. The third-order valence-corrected chi connectivity index (χ3v) is 6.41. The van der Waals surface area contributed by atoms with E-state index >= 15 is 0 Å². The van der Waals surface area contributed by atoms with Crippen LogP contribution in [0.5, 0.6) is 11.5 Å². The molecule has 0 amide bonds. The van der Waals surface area contributed by atoms with E-state index in [1.165, 1.54) is 0 Å². The van der Waals surface area contributed by atoms with Crippen molar-refractivity contribution in [3.8, 4) is 11.5 Å². The van der Waals surface area contributed by atoms with Crippen molar-refractivity contribution in [3.05, 3.63) is 95.2 Å². The minimum Gasteiger partial charge on any atom is -0.496 e. The molecule has 2 unspecified atom stereocenters. The predicted molar refractivity (Wildman–Crippen MR) is 131 cm³/mol. The Labute approximate surface area is 194 Å². The molecule has 3 aromatic carbocycles. The molecule has 1 aliphatic carbocycles. The second-order valence-electron chi connectivity index (χ2n) is 8.41. The third-order valence-electron chi connectivity index (χ3n) is 6.41. The zero-order valence-electron chi connectivity index (χ0n) is 18.9. The number of methoxy groups -OCH3 is 1. The number of nitrogens with one attached hydrogen (secondary N) is 2. The van der Waals surface area contributed by atoms with Crippen molar-refractivity contribution in [1.29, 1.82) is 0 Å². The Morgan fingerprint density at radius 3 is 2.39 bits per heavy atom. The number of ether oxygens (including phenoxy) is 2. The highest BCUT2D eigenvalue weighted by molar-refractivity contribution is 6.01. The van der Waals surface area contributed by atoms with Gasteiger partial charge in [-0.25, -0.2) is 0 Å². The van der Waals surface area contributed by atoms with E-state index < -0.39 is 0 Å². The fourth-order valence-corrected chi connectivity index (χ4v) is 4.89. The van der Waals surface area contributed by atoms with Gasteiger partial charge in [-0.1, -0.05) is 42.5 Å². The van der Waals surface area contributed by atoms with Crippen molar-refractivity contribution >= 4 is 17.2 Å². The Bertz CT molecular complexity index is 1200. The summed E-state index contributed by atoms with van der Waals surface area (Å²) in [6, 6.07) is 23.9. The second-order valence-corrected chi connectivity index (χ2v) is 8.41. The highest BCUT2D eigenvalue weighted by Crippen LogP contribution is 2.45. The molecule has 0 saturated heterocycles. The molecule has 0 saturated carbocycles. The van der Waals surface area contributed by atoms with Gasteiger partial charge in [0.25, 0.3) is 0 Å². The summed E-state index contributed by atoms with van der Waals surface area (Å²) in [5.74, 6) is 1.87. The smallest absolute Gasteiger partial charge is 0.163 e. The highest BCUT2D eigenvalue weighted by atomic mass is 16.5. The summed E-state index contributed by atoms with van der Waals surface area (Å²) in [6.45, 7) is 2.59. The molecule has 3 aromatic rings. The zero-order valence-corrected chi connectivity index (χ0v) is 18.9. The number of rotatable bonds is 5. The number of hydrogen-bond donors (Lipinski definition) is 2. The van der Waals surface area contributed by atoms with Crippen LogP contribution in [0.25, 0.3) is 0 Å². The molecule has 5 nitrogen and oxygen atoms in total. The number of Topliss-reactive ketones (excluding diaryl/α,β-unsaturated/α-hetero) is 1. The number of hydrogen-bond acceptors (Lipinski definition) is 5. The van der Waals surface area contributed by atoms with Crippen molar-refractivity contribution in [3.63, 3.8) is 0 Å². The van der Waals surface area contributed by atoms with Crippen LogP contribution in [0.2, 0.25) is 0 Å². The monoisotopic (exact) mass is 440 g/mol. The Morgan fingerprint density at radius 1 is 0.909 bits per heavy atom. The van der Waals surface area contributed by atoms with E-state index in [-0.39, 0.29) is 17.7 Å². The molecular weight excluding hydrogens is 412 g/mol. The molecule has 2 N–H and O–H groups in total. The first-order chi connectivity index (χ1) is 16.2. The largest absolute Gasteiger partial charge is 0.496 e. The maximum Gasteiger partial charge on any atom is 0.163 e. The van der Waals surface area contributed by atoms with Gasteiger partial charge in [-0.2, -0.15) is 0 Å². The molecule has 5 rings (SSSR count). The maximum atomic E-state index is 13.7. The van der Waals surface area contributed by atoms with Crippen LogP contribution < -0.4 is 20.1 Å². The first-order valence-electron chi connectivity index (χ1n) is 11.4. The van der Waals surface area contributed by atoms with E-state index in [2.05, 4.69) is 16.7 Å². The van der Waals surface area contributed by atoms with E-state index in [1.807, 2.05) is 73.7 Å². The van der Waals surface area contributed by atoms with Crippen LogP contribution in [0.3, 0.4) is 0 Å². The Morgan fingerprint density at radius 2 is 1.64 bits per heavy atom. The molecule has 1 heterocycles. The van der Waals surface area contributed by atoms with Crippen molar-refractivity contribution < 1.29 is 14.3 Å². The van der Waals surface area contributed by atoms with Gasteiger partial charge in [0, 0.05) is 23.6 Å². The minimum absolute atomic E-state index is 0.0612. The van der Waals surface area contributed by atoms with Crippen LogP contribution in [-0.2, 0) is 4.79 Å². The highest BCUT2D eigenvalue weighted by Gasteiger charge is 2.36. The van der Waals surface area contributed by atoms with Gasteiger partial charge in [-0.05, 0) is 54.8 Å². The number of allylic oxidation sites excluding steroid dienone is 1. The number of ketones is 1. The summed E-state index contributed by atoms with van der Waals surface area (Å²) in [6.07, 6.45) is 1.19. The molecule has 0 radical (unpaired) electrons. The second kappa shape index (κ2) is 9.02. The van der Waals surface area contributed by atoms with Gasteiger partial charge in [0.15, 0.2) is 5.78 Å². The molecule has 0 spiro atoms. The first-order valence-corrected chi connectivity index (χ1v) is 11.4. The van der Waals surface area contributed by atoms with Crippen LogP contribution >= 0.6 is 0 Å². The zero-order chi connectivity index (χ0) is 22.8. The lowest BCUT2D eigenvalue weighted by Gasteiger charge is -2.30. The van der Waals surface area contributed by atoms with Crippen LogP contribution in [0.1, 0.15) is 42.9 Å². The normalized spacial score (nSPS) is 19.5. The number of anilines is 2. The van der Waals surface area contributed by atoms with Crippen molar-refractivity contribution in [2.24, 2.45) is 0 Å². The van der Waals surface area contributed by atoms with Crippen molar-refractivity contribution in [1.82, 2.24) is 0 Å². The Balaban J connectivity index is 1.58. The number of fused-ring (bicyclic) bond motifs is 1. The summed E-state index contributed by atoms with van der Waals surface area (Å²) < 4.78 is 11.2. The van der Waals surface area contributed by atoms with Gasteiger partial charge >= 0.3 is 0 Å². The van der Waals surface area contributed by atoms with Crippen molar-refractivity contribution in [2.45, 2.75) is 31.7 Å². The Kier molecular flexibility index (Phi) is 5.78. The molecule has 2 atom stereocenters. The van der Waals surface area contributed by atoms with Crippen molar-refractivity contribution in [2.75, 3.05) is 24.4 Å². The average molecular weight is 441 g/mol. The van der Waals surface area contributed by atoms with E-state index in [0.29, 0.717) is 13.0 Å². The van der Waals surface area contributed by atoms with Crippen LogP contribution in [0, 0.1) is 0 Å². The predicted octanol–water partition coefficient (Wildman–Crippen LogP) is 6.07. The first kappa shape index (κ1) is 21.1. The van der Waals surface area contributed by atoms with E-state index in [1.54, 1.807) is 7.11 Å². The topological polar surface area (TPSA) is 59.6 Å². The van der Waals surface area contributed by atoms with Crippen LogP contribution in [-0.4, -0.2) is 19.5 Å². The standard InChI is InChI=1S/C28H28N2O3/c1-3-33-20-14-12-18(13-15-20)28-27-24(29-22-9-5-6-10-23(22)30-28)16-19(17-25(27)31)21-8-4-7-11-26(21)32-2/h4-15,19,28-30H,3,16-17H2,1-2H3. The summed E-state index contributed by atoms with van der Waals surface area (Å²) in [5, 5.41) is 7.22. The lowest BCUT2D eigenvalue weighted by Crippen LogP contribution is -2.27. The van der Waals surface area contributed by atoms with Gasteiger partial charge in [0.2, 0.25) is 0 Å². The molecular formula is C28H28N2O3. The fourth-order valence-electron chi connectivity index (χ4n) is 4.89. The third kappa shape index (κ3) is 4.07. The summed E-state index contributed by atoms with van der Waals surface area (Å²) in [5.41, 5.74) is 5.85. The maximum absolute atomic E-state index is 13.7. The fraction of sp³-hybridized carbons (Fsp3) is 0.250. The van der Waals surface area contributed by atoms with Crippen LogP contribution in [0.4, 0.5) is 11.4 Å². The quantitative estimate of drug-likeness (QED) is 0.504. The molecule has 0 fully saturated rings. The van der Waals surface area contributed by atoms with Crippen LogP contribution in [0.15, 0.2) is 84.1 Å². The lowest BCUT2D eigenvalue weighted by atomic mass is 9.78. The molecule has 0 aromatic heterocycles. The van der Waals surface area contributed by atoms with Gasteiger partial charge in [-0.3, -0.25) is 4.79 Å².